The van der Waals surface area contributed by atoms with E-state index in [0.29, 0.717) is 13.0 Å². The van der Waals surface area contributed by atoms with Gasteiger partial charge in [-0.05, 0) is 55.0 Å². The smallest absolute Gasteiger partial charge is 0.407 e. The number of carbonyl (C=O) groups is 1. The Bertz CT molecular complexity index is 877. The van der Waals surface area contributed by atoms with Gasteiger partial charge in [0.1, 0.15) is 0 Å². The summed E-state index contributed by atoms with van der Waals surface area (Å²) in [6.07, 6.45) is 9.08. The average Bonchev–Trinajstić information content (AvgIpc) is 3.05. The molecule has 0 aliphatic rings. The molecule has 1 N–H and O–H groups in total. The van der Waals surface area contributed by atoms with Crippen molar-refractivity contribution >= 4 is 29.5 Å². The lowest BCUT2D eigenvalue weighted by molar-refractivity contribution is 0.170. The second kappa shape index (κ2) is 18.3. The van der Waals surface area contributed by atoms with E-state index >= 15 is 0 Å². The molecule has 0 bridgehead atoms. The zero-order chi connectivity index (χ0) is 25.2. The lowest BCUT2D eigenvalue weighted by Crippen LogP contribution is -2.22. The van der Waals surface area contributed by atoms with Gasteiger partial charge in [0.2, 0.25) is 0 Å². The second-order valence-corrected chi connectivity index (χ2v) is 8.30. The molecule has 184 valence electrons. The van der Waals surface area contributed by atoms with Crippen LogP contribution < -0.4 is 5.32 Å². The Hall–Kier alpha value is -2.18. The average molecular weight is 494 g/mol. The molecule has 2 heterocycles. The summed E-state index contributed by atoms with van der Waals surface area (Å²) in [4.78, 5) is 15.6. The van der Waals surface area contributed by atoms with Gasteiger partial charge in [0.25, 0.3) is 0 Å². The van der Waals surface area contributed by atoms with Gasteiger partial charge in [-0.25, -0.2) is 4.79 Å². The summed E-state index contributed by atoms with van der Waals surface area (Å²) in [5, 5.41) is 6.81. The highest BCUT2D eigenvalue weighted by atomic mass is 35.5. The number of thioether (sulfide) groups is 1. The molecule has 2 aromatic heterocycles. The van der Waals surface area contributed by atoms with Gasteiger partial charge in [-0.3, -0.25) is 4.98 Å². The van der Waals surface area contributed by atoms with Crippen LogP contribution in [-0.2, 0) is 17.8 Å². The highest BCUT2D eigenvalue weighted by molar-refractivity contribution is 8.02. The SMILES string of the molecule is C/C=C(/Cl)C/C=C\Sc1c(C)c(CNC(=O)OC)c(C)n1Cc1ccncc1.CC.CCC. The van der Waals surface area contributed by atoms with E-state index in [1.165, 1.54) is 19.1 Å². The zero-order valence-corrected chi connectivity index (χ0v) is 22.9. The van der Waals surface area contributed by atoms with E-state index in [0.717, 1.165) is 33.4 Å². The van der Waals surface area contributed by atoms with Crippen LogP contribution >= 0.6 is 23.4 Å². The molecular formula is C26H40ClN3O2S. The van der Waals surface area contributed by atoms with Crippen molar-refractivity contribution in [3.05, 3.63) is 69.5 Å². The van der Waals surface area contributed by atoms with E-state index in [1.54, 1.807) is 24.2 Å². The highest BCUT2D eigenvalue weighted by Crippen LogP contribution is 2.32. The van der Waals surface area contributed by atoms with Crippen molar-refractivity contribution < 1.29 is 9.53 Å². The third-order valence-corrected chi connectivity index (χ3v) is 5.90. The van der Waals surface area contributed by atoms with Gasteiger partial charge in [0, 0.05) is 42.6 Å². The number of aromatic nitrogens is 2. The van der Waals surface area contributed by atoms with Crippen molar-refractivity contribution in [3.63, 3.8) is 0 Å². The number of hydrogen-bond acceptors (Lipinski definition) is 4. The van der Waals surface area contributed by atoms with Crippen molar-refractivity contribution in [2.45, 2.75) is 79.4 Å². The Morgan fingerprint density at radius 1 is 1.24 bits per heavy atom. The molecule has 2 rings (SSSR count). The molecule has 7 heteroatoms. The maximum atomic E-state index is 11.5. The standard InChI is InChI=1S/C21H26ClN3O2S.C3H8.C2H6/c1-5-18(22)7-6-12-28-20-15(2)19(13-24-21(26)27-4)16(3)25(20)14-17-8-10-23-11-9-17;1-3-2;1-2/h5-6,8-12H,7,13-14H2,1-4H3,(H,24,26);3H2,1-2H3;1-2H3/b12-6-,18-5+;;. The van der Waals surface area contributed by atoms with Crippen LogP contribution in [0.15, 0.2) is 52.1 Å². The molecule has 0 saturated carbocycles. The van der Waals surface area contributed by atoms with Crippen molar-refractivity contribution in [3.8, 4) is 0 Å². The molecular weight excluding hydrogens is 454 g/mol. The zero-order valence-electron chi connectivity index (χ0n) is 21.4. The first-order chi connectivity index (χ1) is 15.9. The first-order valence-corrected chi connectivity index (χ1v) is 12.7. The summed E-state index contributed by atoms with van der Waals surface area (Å²) in [7, 11) is 1.37. The number of pyridine rings is 1. The van der Waals surface area contributed by atoms with Crippen LogP contribution in [0.4, 0.5) is 4.79 Å². The van der Waals surface area contributed by atoms with Crippen LogP contribution in [0.3, 0.4) is 0 Å². The number of amides is 1. The molecule has 0 aliphatic carbocycles. The molecule has 0 fully saturated rings. The minimum atomic E-state index is -0.434. The third-order valence-electron chi connectivity index (χ3n) is 4.45. The van der Waals surface area contributed by atoms with Gasteiger partial charge in [0.15, 0.2) is 0 Å². The predicted molar refractivity (Wildman–Crippen MR) is 143 cm³/mol. The number of ether oxygens (including phenoxy) is 1. The molecule has 0 atom stereocenters. The van der Waals surface area contributed by atoms with Crippen LogP contribution in [0, 0.1) is 13.8 Å². The van der Waals surface area contributed by atoms with Crippen molar-refractivity contribution in [2.75, 3.05) is 7.11 Å². The van der Waals surface area contributed by atoms with E-state index in [4.69, 9.17) is 16.3 Å². The topological polar surface area (TPSA) is 56.1 Å². The van der Waals surface area contributed by atoms with Crippen molar-refractivity contribution in [2.24, 2.45) is 0 Å². The second-order valence-electron chi connectivity index (χ2n) is 6.92. The number of carbonyl (C=O) groups excluding carboxylic acids is 1. The normalized spacial score (nSPS) is 10.8. The summed E-state index contributed by atoms with van der Waals surface area (Å²) in [6, 6.07) is 4.02. The van der Waals surface area contributed by atoms with E-state index in [2.05, 4.69) is 54.0 Å². The monoisotopic (exact) mass is 493 g/mol. The third kappa shape index (κ3) is 11.0. The van der Waals surface area contributed by atoms with E-state index < -0.39 is 6.09 Å². The maximum Gasteiger partial charge on any atom is 0.407 e. The highest BCUT2D eigenvalue weighted by Gasteiger charge is 2.18. The fraction of sp³-hybridized carbons (Fsp3) is 0.462. The molecule has 0 aromatic carbocycles. The molecule has 33 heavy (non-hydrogen) atoms. The molecule has 2 aromatic rings. The summed E-state index contributed by atoms with van der Waals surface area (Å²) in [6.45, 7) is 15.5. The number of allylic oxidation sites excluding steroid dienone is 3. The Morgan fingerprint density at radius 3 is 2.39 bits per heavy atom. The van der Waals surface area contributed by atoms with E-state index in [1.807, 2.05) is 39.0 Å². The number of halogens is 1. The predicted octanol–water partition coefficient (Wildman–Crippen LogP) is 7.99. The maximum absolute atomic E-state index is 11.5. The lowest BCUT2D eigenvalue weighted by Gasteiger charge is -2.11. The van der Waals surface area contributed by atoms with Crippen LogP contribution in [0.25, 0.3) is 0 Å². The summed E-state index contributed by atoms with van der Waals surface area (Å²) >= 11 is 7.73. The number of methoxy groups -OCH3 is 1. The summed E-state index contributed by atoms with van der Waals surface area (Å²) < 4.78 is 6.97. The molecule has 0 spiro atoms. The molecule has 0 unspecified atom stereocenters. The lowest BCUT2D eigenvalue weighted by atomic mass is 10.1. The van der Waals surface area contributed by atoms with Gasteiger partial charge >= 0.3 is 6.09 Å². The van der Waals surface area contributed by atoms with Crippen molar-refractivity contribution in [1.29, 1.82) is 0 Å². The number of nitrogens with one attached hydrogen (secondary N) is 1. The van der Waals surface area contributed by atoms with Crippen LogP contribution in [0.2, 0.25) is 0 Å². The number of alkyl carbamates (subject to hydrolysis) is 1. The Morgan fingerprint density at radius 2 is 1.85 bits per heavy atom. The first kappa shape index (κ1) is 30.8. The van der Waals surface area contributed by atoms with E-state index in [9.17, 15) is 4.79 Å². The fourth-order valence-corrected chi connectivity index (χ4v) is 3.85. The Kier molecular flexibility index (Phi) is 17.1. The quantitative estimate of drug-likeness (QED) is 0.378. The van der Waals surface area contributed by atoms with Crippen molar-refractivity contribution in [1.82, 2.24) is 14.9 Å². The molecule has 5 nitrogen and oxygen atoms in total. The molecule has 0 aliphatic heterocycles. The summed E-state index contributed by atoms with van der Waals surface area (Å²) in [5.74, 6) is 0. The molecule has 1 amide bonds. The van der Waals surface area contributed by atoms with Crippen LogP contribution in [0.5, 0.6) is 0 Å². The number of hydrogen-bond donors (Lipinski definition) is 1. The minimum Gasteiger partial charge on any atom is -0.453 e. The van der Waals surface area contributed by atoms with Gasteiger partial charge in [-0.1, -0.05) is 69.6 Å². The van der Waals surface area contributed by atoms with E-state index in [-0.39, 0.29) is 0 Å². The summed E-state index contributed by atoms with van der Waals surface area (Å²) in [5.41, 5.74) is 4.54. The molecule has 0 radical (unpaired) electrons. The Labute approximate surface area is 209 Å². The first-order valence-electron chi connectivity index (χ1n) is 11.4. The minimum absolute atomic E-state index is 0.426. The number of nitrogens with zero attached hydrogens (tertiary/aromatic N) is 2. The van der Waals surface area contributed by atoms with Gasteiger partial charge in [-0.2, -0.15) is 0 Å². The largest absolute Gasteiger partial charge is 0.453 e. The van der Waals surface area contributed by atoms with Crippen LogP contribution in [-0.4, -0.2) is 22.8 Å². The van der Waals surface area contributed by atoms with Gasteiger partial charge in [0.05, 0.1) is 12.1 Å². The van der Waals surface area contributed by atoms with Crippen LogP contribution in [0.1, 0.15) is 69.8 Å². The van der Waals surface area contributed by atoms with Gasteiger partial charge in [-0.15, -0.1) is 0 Å². The number of rotatable bonds is 8. The Balaban J connectivity index is 0.00000189. The van der Waals surface area contributed by atoms with Gasteiger partial charge < -0.3 is 14.6 Å². The fourth-order valence-electron chi connectivity index (χ4n) is 2.82. The molecule has 0 saturated heterocycles.